The molecule has 0 saturated carbocycles. The Balaban J connectivity index is 2.78. The van der Waals surface area contributed by atoms with Crippen LogP contribution in [0.2, 0.25) is 0 Å². The Morgan fingerprint density at radius 2 is 2.29 bits per heavy atom. The zero-order valence-electron chi connectivity index (χ0n) is 7.42. The average molecular weight is 262 g/mol. The number of nitrogens with one attached hydrogen (secondary N) is 1. The molecule has 0 heterocycles. The van der Waals surface area contributed by atoms with Gasteiger partial charge in [0.05, 0.1) is 4.83 Å². The third-order valence-electron chi connectivity index (χ3n) is 1.58. The smallest absolute Gasteiger partial charge is 0.237 e. The average Bonchev–Trinajstić information content (AvgIpc) is 2.11. The summed E-state index contributed by atoms with van der Waals surface area (Å²) in [7, 11) is 0. The summed E-state index contributed by atoms with van der Waals surface area (Å²) in [5, 5.41) is 11.4. The van der Waals surface area contributed by atoms with Crippen molar-refractivity contribution in [3.05, 3.63) is 24.0 Å². The van der Waals surface area contributed by atoms with Crippen LogP contribution in [0.15, 0.2) is 18.2 Å². The molecule has 0 bridgehead atoms. The highest BCUT2D eigenvalue weighted by Crippen LogP contribution is 2.19. The molecule has 0 fully saturated rings. The van der Waals surface area contributed by atoms with E-state index in [9.17, 15) is 9.18 Å². The molecule has 5 heteroatoms. The van der Waals surface area contributed by atoms with E-state index in [0.29, 0.717) is 5.69 Å². The molecule has 0 saturated heterocycles. The summed E-state index contributed by atoms with van der Waals surface area (Å²) in [6, 6.07) is 3.66. The number of phenolic OH excluding ortho intramolecular Hbond substituents is 1. The zero-order valence-corrected chi connectivity index (χ0v) is 9.01. The first-order valence-corrected chi connectivity index (χ1v) is 4.85. The van der Waals surface area contributed by atoms with Crippen molar-refractivity contribution in [3.8, 4) is 5.75 Å². The summed E-state index contributed by atoms with van der Waals surface area (Å²) in [5.41, 5.74) is 0.316. The second-order valence-electron chi connectivity index (χ2n) is 2.77. The van der Waals surface area contributed by atoms with Gasteiger partial charge < -0.3 is 10.4 Å². The fourth-order valence-electron chi connectivity index (χ4n) is 0.826. The van der Waals surface area contributed by atoms with Crippen LogP contribution in [0.5, 0.6) is 5.75 Å². The normalized spacial score (nSPS) is 12.2. The molecule has 0 radical (unpaired) electrons. The van der Waals surface area contributed by atoms with E-state index in [1.807, 2.05) is 0 Å². The first kappa shape index (κ1) is 11.0. The van der Waals surface area contributed by atoms with Gasteiger partial charge in [-0.3, -0.25) is 4.79 Å². The maximum absolute atomic E-state index is 12.8. The molecule has 0 aromatic heterocycles. The van der Waals surface area contributed by atoms with Gasteiger partial charge in [-0.2, -0.15) is 0 Å². The molecule has 14 heavy (non-hydrogen) atoms. The lowest BCUT2D eigenvalue weighted by Gasteiger charge is -2.06. The van der Waals surface area contributed by atoms with Crippen LogP contribution in [0.3, 0.4) is 0 Å². The van der Waals surface area contributed by atoms with E-state index in [0.717, 1.165) is 6.07 Å². The molecule has 1 aromatic carbocycles. The van der Waals surface area contributed by atoms with Gasteiger partial charge in [0, 0.05) is 11.8 Å². The lowest BCUT2D eigenvalue weighted by atomic mass is 10.3. The van der Waals surface area contributed by atoms with E-state index in [4.69, 9.17) is 5.11 Å². The number of benzene rings is 1. The molecule has 1 unspecified atom stereocenters. The second-order valence-corrected chi connectivity index (χ2v) is 4.14. The Morgan fingerprint density at radius 1 is 1.64 bits per heavy atom. The lowest BCUT2D eigenvalue weighted by Crippen LogP contribution is -2.19. The number of halogens is 2. The minimum absolute atomic E-state index is 0.268. The molecule has 1 rings (SSSR count). The Hall–Kier alpha value is -1.10. The van der Waals surface area contributed by atoms with Crippen LogP contribution in [0.4, 0.5) is 10.1 Å². The van der Waals surface area contributed by atoms with E-state index in [-0.39, 0.29) is 10.7 Å². The highest BCUT2D eigenvalue weighted by Gasteiger charge is 2.09. The topological polar surface area (TPSA) is 49.3 Å². The summed E-state index contributed by atoms with van der Waals surface area (Å²) in [4.78, 5) is 10.8. The fraction of sp³-hybridized carbons (Fsp3) is 0.222. The van der Waals surface area contributed by atoms with Crippen LogP contribution in [-0.4, -0.2) is 15.8 Å². The van der Waals surface area contributed by atoms with Crippen LogP contribution in [0.25, 0.3) is 0 Å². The molecular formula is C9H9BrFNO2. The molecular weight excluding hydrogens is 253 g/mol. The number of hydrogen-bond acceptors (Lipinski definition) is 2. The van der Waals surface area contributed by atoms with Gasteiger partial charge in [0.2, 0.25) is 5.91 Å². The van der Waals surface area contributed by atoms with E-state index in [1.165, 1.54) is 12.1 Å². The maximum atomic E-state index is 12.8. The predicted octanol–water partition coefficient (Wildman–Crippen LogP) is 2.25. The Bertz CT molecular complexity index is 355. The summed E-state index contributed by atoms with van der Waals surface area (Å²) >= 11 is 3.08. The third kappa shape index (κ3) is 2.70. The number of carbonyl (C=O) groups excluding carboxylic acids is 1. The molecule has 3 nitrogen and oxygen atoms in total. The fourth-order valence-corrected chi connectivity index (χ4v) is 0.941. The minimum atomic E-state index is -0.759. The van der Waals surface area contributed by atoms with Gasteiger partial charge in [-0.15, -0.1) is 0 Å². The molecule has 2 N–H and O–H groups in total. The van der Waals surface area contributed by atoms with Crippen LogP contribution in [0, 0.1) is 5.82 Å². The second kappa shape index (κ2) is 4.41. The van der Waals surface area contributed by atoms with Gasteiger partial charge in [0.25, 0.3) is 0 Å². The Morgan fingerprint density at radius 3 is 2.79 bits per heavy atom. The number of anilines is 1. The summed E-state index contributed by atoms with van der Waals surface area (Å²) in [6.45, 7) is 1.66. The minimum Gasteiger partial charge on any atom is -0.505 e. The molecule has 0 spiro atoms. The van der Waals surface area contributed by atoms with Crippen molar-refractivity contribution in [1.82, 2.24) is 0 Å². The zero-order chi connectivity index (χ0) is 10.7. The molecule has 1 amide bonds. The van der Waals surface area contributed by atoms with Gasteiger partial charge >= 0.3 is 0 Å². The van der Waals surface area contributed by atoms with E-state index in [1.54, 1.807) is 6.92 Å². The molecule has 0 aliphatic rings. The molecule has 0 aliphatic carbocycles. The first-order valence-electron chi connectivity index (χ1n) is 3.94. The highest BCUT2D eigenvalue weighted by molar-refractivity contribution is 9.10. The van der Waals surface area contributed by atoms with Gasteiger partial charge in [0.15, 0.2) is 11.6 Å². The number of amides is 1. The van der Waals surface area contributed by atoms with Gasteiger partial charge in [0.1, 0.15) is 0 Å². The van der Waals surface area contributed by atoms with E-state index >= 15 is 0 Å². The number of alkyl halides is 1. The van der Waals surface area contributed by atoms with Gasteiger partial charge in [-0.25, -0.2) is 4.39 Å². The van der Waals surface area contributed by atoms with Crippen molar-refractivity contribution in [3.63, 3.8) is 0 Å². The number of aromatic hydroxyl groups is 1. The van der Waals surface area contributed by atoms with Gasteiger partial charge in [-0.05, 0) is 19.1 Å². The number of rotatable bonds is 2. The monoisotopic (exact) mass is 261 g/mol. The van der Waals surface area contributed by atoms with Crippen molar-refractivity contribution in [2.24, 2.45) is 0 Å². The quantitative estimate of drug-likeness (QED) is 0.634. The largest absolute Gasteiger partial charge is 0.505 e. The third-order valence-corrected chi connectivity index (χ3v) is 1.99. The van der Waals surface area contributed by atoms with Crippen LogP contribution in [-0.2, 0) is 4.79 Å². The van der Waals surface area contributed by atoms with E-state index in [2.05, 4.69) is 21.2 Å². The van der Waals surface area contributed by atoms with E-state index < -0.39 is 11.6 Å². The Kier molecular flexibility index (Phi) is 3.46. The van der Waals surface area contributed by atoms with Crippen LogP contribution in [0.1, 0.15) is 6.92 Å². The predicted molar refractivity (Wildman–Crippen MR) is 55.1 cm³/mol. The summed E-state index contributed by atoms with van der Waals surface area (Å²) in [6.07, 6.45) is 0. The number of phenols is 1. The first-order chi connectivity index (χ1) is 6.50. The van der Waals surface area contributed by atoms with Crippen molar-refractivity contribution in [2.75, 3.05) is 5.32 Å². The van der Waals surface area contributed by atoms with Crippen molar-refractivity contribution < 1.29 is 14.3 Å². The van der Waals surface area contributed by atoms with Gasteiger partial charge in [-0.1, -0.05) is 15.9 Å². The molecule has 76 valence electrons. The highest BCUT2D eigenvalue weighted by atomic mass is 79.9. The summed E-state index contributed by atoms with van der Waals surface area (Å²) < 4.78 is 12.8. The maximum Gasteiger partial charge on any atom is 0.237 e. The Labute approximate surface area is 89.1 Å². The van der Waals surface area contributed by atoms with Crippen molar-refractivity contribution in [1.29, 1.82) is 0 Å². The number of hydrogen-bond donors (Lipinski definition) is 2. The summed E-state index contributed by atoms with van der Waals surface area (Å²) in [5.74, 6) is -1.46. The molecule has 0 aliphatic heterocycles. The van der Waals surface area contributed by atoms with Crippen molar-refractivity contribution >= 4 is 27.5 Å². The lowest BCUT2D eigenvalue weighted by molar-refractivity contribution is -0.115. The standard InChI is InChI=1S/C9H9BrFNO2/c1-5(10)9(14)12-6-2-3-8(13)7(11)4-6/h2-5,13H,1H3,(H,12,14). The van der Waals surface area contributed by atoms with Crippen LogP contribution < -0.4 is 5.32 Å². The van der Waals surface area contributed by atoms with Crippen molar-refractivity contribution in [2.45, 2.75) is 11.8 Å². The molecule has 1 atom stereocenters. The number of carbonyl (C=O) groups is 1. The molecule has 1 aromatic rings. The van der Waals surface area contributed by atoms with Crippen LogP contribution >= 0.6 is 15.9 Å². The SMILES string of the molecule is CC(Br)C(=O)Nc1ccc(O)c(F)c1.